The summed E-state index contributed by atoms with van der Waals surface area (Å²) in [7, 11) is 0. The minimum absolute atomic E-state index is 0.187. The fraction of sp³-hybridized carbons (Fsp3) is 0.158. The molecule has 61 heavy (non-hydrogen) atoms. The molecule has 0 aromatic heterocycles. The van der Waals surface area contributed by atoms with Gasteiger partial charge in [-0.05, 0) is 116 Å². The molecule has 8 aromatic rings. The number of ether oxygens (including phenoxy) is 2. The van der Waals surface area contributed by atoms with E-state index in [9.17, 15) is 0 Å². The van der Waals surface area contributed by atoms with Crippen LogP contribution in [0.4, 0.5) is 11.4 Å². The molecule has 1 aliphatic rings. The van der Waals surface area contributed by atoms with Gasteiger partial charge in [0.15, 0.2) is 0 Å². The average molecular weight is 797 g/mol. The third-order valence-corrected chi connectivity index (χ3v) is 12.0. The number of hydrogen-bond donors (Lipinski definition) is 2. The standard InChI is InChI=1S/C57H52N2O2/c1-55(2,3)49-35-41(58)27-31-53(49)60-51-29-25-39(33-45(51)37-17-9-7-10-18-37)57(47-23-15-13-21-43(47)44-22-14-16-24-48(44)57)40-26-30-52(46(34-40)38-19-11-8-12-20-38)61-54-32-28-42(59)36-50(54)56(4,5)6/h7-36H,58-59H2,1-6H3. The van der Waals surface area contributed by atoms with Crippen LogP contribution in [-0.4, -0.2) is 0 Å². The van der Waals surface area contributed by atoms with E-state index in [4.69, 9.17) is 20.9 Å². The summed E-state index contributed by atoms with van der Waals surface area (Å²) in [6.07, 6.45) is 0. The molecule has 8 aromatic carbocycles. The molecule has 4 N–H and O–H groups in total. The predicted octanol–water partition coefficient (Wildman–Crippen LogP) is 14.7. The van der Waals surface area contributed by atoms with Crippen LogP contribution in [0.2, 0.25) is 0 Å². The van der Waals surface area contributed by atoms with E-state index in [-0.39, 0.29) is 10.8 Å². The summed E-state index contributed by atoms with van der Waals surface area (Å²) in [4.78, 5) is 0. The fourth-order valence-electron chi connectivity index (χ4n) is 9.10. The van der Waals surface area contributed by atoms with Crippen molar-refractivity contribution >= 4 is 11.4 Å². The van der Waals surface area contributed by atoms with Gasteiger partial charge in [-0.25, -0.2) is 0 Å². The molecule has 302 valence electrons. The topological polar surface area (TPSA) is 70.5 Å². The lowest BCUT2D eigenvalue weighted by Gasteiger charge is -2.35. The van der Waals surface area contributed by atoms with Gasteiger partial charge in [0.25, 0.3) is 0 Å². The highest BCUT2D eigenvalue weighted by atomic mass is 16.5. The monoisotopic (exact) mass is 796 g/mol. The number of rotatable bonds is 8. The van der Waals surface area contributed by atoms with Gasteiger partial charge in [0.05, 0.1) is 5.41 Å². The van der Waals surface area contributed by atoms with Crippen molar-refractivity contribution in [3.63, 3.8) is 0 Å². The Kier molecular flexibility index (Phi) is 9.83. The first-order chi connectivity index (χ1) is 29.3. The molecule has 0 saturated carbocycles. The summed E-state index contributed by atoms with van der Waals surface area (Å²) in [6.45, 7) is 13.1. The minimum Gasteiger partial charge on any atom is -0.456 e. The number of anilines is 2. The molecule has 0 fully saturated rings. The highest BCUT2D eigenvalue weighted by Crippen LogP contribution is 2.58. The highest BCUT2D eigenvalue weighted by Gasteiger charge is 2.46. The van der Waals surface area contributed by atoms with E-state index >= 15 is 0 Å². The predicted molar refractivity (Wildman–Crippen MR) is 254 cm³/mol. The molecule has 0 amide bonds. The van der Waals surface area contributed by atoms with Gasteiger partial charge in [-0.15, -0.1) is 0 Å². The first-order valence-corrected chi connectivity index (χ1v) is 21.1. The third kappa shape index (κ3) is 7.12. The molecular weight excluding hydrogens is 745 g/mol. The lowest BCUT2D eigenvalue weighted by Crippen LogP contribution is -2.28. The molecule has 0 bridgehead atoms. The molecule has 0 aliphatic heterocycles. The Morgan fingerprint density at radius 2 is 0.721 bits per heavy atom. The molecule has 0 spiro atoms. The van der Waals surface area contributed by atoms with Crippen molar-refractivity contribution in [1.29, 1.82) is 0 Å². The first kappa shape index (κ1) is 39.4. The number of benzene rings is 8. The summed E-state index contributed by atoms with van der Waals surface area (Å²) < 4.78 is 14.0. The van der Waals surface area contributed by atoms with Crippen molar-refractivity contribution in [2.75, 3.05) is 11.5 Å². The van der Waals surface area contributed by atoms with Gasteiger partial charge in [0.1, 0.15) is 23.0 Å². The van der Waals surface area contributed by atoms with Crippen LogP contribution < -0.4 is 20.9 Å². The maximum absolute atomic E-state index is 6.98. The molecule has 0 atom stereocenters. The van der Waals surface area contributed by atoms with E-state index in [1.807, 2.05) is 36.4 Å². The van der Waals surface area contributed by atoms with Gasteiger partial charge >= 0.3 is 0 Å². The molecule has 9 rings (SSSR count). The number of hydrogen-bond acceptors (Lipinski definition) is 4. The molecule has 4 heteroatoms. The van der Waals surface area contributed by atoms with E-state index in [1.54, 1.807) is 0 Å². The molecular formula is C57H52N2O2. The number of nitrogens with two attached hydrogens (primary N) is 2. The van der Waals surface area contributed by atoms with Crippen molar-refractivity contribution in [1.82, 2.24) is 0 Å². The maximum atomic E-state index is 6.98. The zero-order valence-electron chi connectivity index (χ0n) is 35.8. The van der Waals surface area contributed by atoms with Crippen LogP contribution >= 0.6 is 0 Å². The van der Waals surface area contributed by atoms with Gasteiger partial charge in [0, 0.05) is 33.6 Å². The first-order valence-electron chi connectivity index (χ1n) is 21.1. The smallest absolute Gasteiger partial charge is 0.135 e. The fourth-order valence-corrected chi connectivity index (χ4v) is 9.10. The van der Waals surface area contributed by atoms with E-state index in [1.165, 1.54) is 22.3 Å². The molecule has 4 nitrogen and oxygen atoms in total. The SMILES string of the molecule is CC(C)(C)c1cc(N)ccc1Oc1ccc(C2(c3ccc(Oc4ccc(N)cc4C(C)(C)C)c(-c4ccccc4)c3)c3ccccc3-c3ccccc32)cc1-c1ccccc1. The summed E-state index contributed by atoms with van der Waals surface area (Å²) in [5.41, 5.74) is 26.4. The summed E-state index contributed by atoms with van der Waals surface area (Å²) in [5, 5.41) is 0. The van der Waals surface area contributed by atoms with Crippen LogP contribution in [0.15, 0.2) is 182 Å². The van der Waals surface area contributed by atoms with Gasteiger partial charge in [0.2, 0.25) is 0 Å². The summed E-state index contributed by atoms with van der Waals surface area (Å²) >= 11 is 0. The highest BCUT2D eigenvalue weighted by molar-refractivity contribution is 5.88. The molecule has 1 aliphatic carbocycles. The van der Waals surface area contributed by atoms with Gasteiger partial charge < -0.3 is 20.9 Å². The van der Waals surface area contributed by atoms with Crippen LogP contribution in [0.1, 0.15) is 74.9 Å². The third-order valence-electron chi connectivity index (χ3n) is 12.0. The molecule has 0 saturated heterocycles. The number of fused-ring (bicyclic) bond motifs is 3. The second kappa shape index (κ2) is 15.2. The van der Waals surface area contributed by atoms with Crippen molar-refractivity contribution in [2.45, 2.75) is 57.8 Å². The van der Waals surface area contributed by atoms with Crippen molar-refractivity contribution in [3.8, 4) is 56.4 Å². The van der Waals surface area contributed by atoms with Crippen molar-refractivity contribution < 1.29 is 9.47 Å². The van der Waals surface area contributed by atoms with Gasteiger partial charge in [-0.3, -0.25) is 0 Å². The Labute approximate surface area is 360 Å². The van der Waals surface area contributed by atoms with Gasteiger partial charge in [-0.2, -0.15) is 0 Å². The van der Waals surface area contributed by atoms with Crippen molar-refractivity contribution in [2.24, 2.45) is 0 Å². The van der Waals surface area contributed by atoms with Crippen LogP contribution in [0, 0.1) is 0 Å². The van der Waals surface area contributed by atoms with E-state index in [0.29, 0.717) is 11.4 Å². The molecule has 0 heterocycles. The van der Waals surface area contributed by atoms with Crippen LogP contribution in [0.5, 0.6) is 23.0 Å². The maximum Gasteiger partial charge on any atom is 0.135 e. The van der Waals surface area contributed by atoms with Crippen molar-refractivity contribution in [3.05, 3.63) is 215 Å². The van der Waals surface area contributed by atoms with E-state index in [2.05, 4.69) is 187 Å². The zero-order chi connectivity index (χ0) is 42.5. The lowest BCUT2D eigenvalue weighted by atomic mass is 9.67. The van der Waals surface area contributed by atoms with Crippen LogP contribution in [0.3, 0.4) is 0 Å². The normalized spacial score (nSPS) is 13.0. The van der Waals surface area contributed by atoms with Gasteiger partial charge in [-0.1, -0.05) is 163 Å². The Hall–Kier alpha value is -7.04. The largest absolute Gasteiger partial charge is 0.456 e. The Morgan fingerprint density at radius 1 is 0.361 bits per heavy atom. The van der Waals surface area contributed by atoms with Crippen LogP contribution in [-0.2, 0) is 16.2 Å². The second-order valence-corrected chi connectivity index (χ2v) is 18.2. The Balaban J connectivity index is 1.31. The Bertz CT molecular complexity index is 2700. The molecule has 0 radical (unpaired) electrons. The van der Waals surface area contributed by atoms with E-state index in [0.717, 1.165) is 67.5 Å². The van der Waals surface area contributed by atoms with E-state index < -0.39 is 5.41 Å². The Morgan fingerprint density at radius 3 is 1.11 bits per heavy atom. The summed E-state index contributed by atoms with van der Waals surface area (Å²) in [5.74, 6) is 3.12. The second-order valence-electron chi connectivity index (χ2n) is 18.2. The minimum atomic E-state index is -0.702. The van der Waals surface area contributed by atoms with Crippen LogP contribution in [0.25, 0.3) is 33.4 Å². The quantitative estimate of drug-likeness (QED) is 0.150. The lowest BCUT2D eigenvalue weighted by molar-refractivity contribution is 0.456. The number of nitrogen functional groups attached to an aromatic ring is 2. The average Bonchev–Trinajstić information content (AvgIpc) is 3.56. The molecule has 0 unspecified atom stereocenters. The zero-order valence-corrected chi connectivity index (χ0v) is 35.8. The summed E-state index contributed by atoms with van der Waals surface area (Å²) in [6, 6.07) is 64.2.